The van der Waals surface area contributed by atoms with Crippen molar-refractivity contribution in [1.82, 2.24) is 4.48 Å². The van der Waals surface area contributed by atoms with Crippen LogP contribution < -0.4 is 13.8 Å². The highest BCUT2D eigenvalue weighted by Gasteiger charge is 2.70. The predicted octanol–water partition coefficient (Wildman–Crippen LogP) is 6.01. The first kappa shape index (κ1) is 31.5. The lowest BCUT2D eigenvalue weighted by Gasteiger charge is -2.17. The number of nitrogens with zero attached hydrogens (tertiary/aromatic N) is 2. The highest BCUT2D eigenvalue weighted by Crippen LogP contribution is 2.57. The lowest BCUT2D eigenvalue weighted by Crippen LogP contribution is -2.36. The van der Waals surface area contributed by atoms with Crippen molar-refractivity contribution in [1.29, 1.82) is 0 Å². The van der Waals surface area contributed by atoms with E-state index >= 15 is 0 Å². The Morgan fingerprint density at radius 3 is 2.51 bits per heavy atom. The number of quaternary nitrogens is 1. The van der Waals surface area contributed by atoms with Crippen LogP contribution in [0.3, 0.4) is 0 Å². The van der Waals surface area contributed by atoms with Crippen molar-refractivity contribution < 1.29 is 39.7 Å². The number of ether oxygens (including phenoxy) is 1. The van der Waals surface area contributed by atoms with Gasteiger partial charge in [0.15, 0.2) is 24.0 Å². The maximum Gasteiger partial charge on any atom is 0.374 e. The van der Waals surface area contributed by atoms with Crippen LogP contribution in [0.15, 0.2) is 88.7 Å². The molecule has 1 spiro atoms. The summed E-state index contributed by atoms with van der Waals surface area (Å²) in [6, 6.07) is 20.4. The summed E-state index contributed by atoms with van der Waals surface area (Å²) < 4.78 is 81.2. The number of aryl methyl sites for hydroxylation is 1. The van der Waals surface area contributed by atoms with Crippen molar-refractivity contribution in [2.75, 3.05) is 12.3 Å². The Kier molecular flexibility index (Phi) is 8.17. The first-order valence-corrected chi connectivity index (χ1v) is 18.0. The Morgan fingerprint density at radius 2 is 1.82 bits per heavy atom. The third kappa shape index (κ3) is 6.06. The van der Waals surface area contributed by atoms with Crippen LogP contribution in [0.2, 0.25) is 5.02 Å². The van der Waals surface area contributed by atoms with Crippen LogP contribution in [0.25, 0.3) is 28.3 Å². The number of aromatic nitrogens is 1. The van der Waals surface area contributed by atoms with Crippen molar-refractivity contribution in [3.8, 4) is 16.9 Å². The molecule has 3 heterocycles. The van der Waals surface area contributed by atoms with Gasteiger partial charge in [-0.15, -0.1) is 0 Å². The smallest absolute Gasteiger partial charge is 0.374 e. The molecular weight excluding hydrogens is 640 g/mol. The lowest BCUT2D eigenvalue weighted by molar-refractivity contribution is -0.677. The molecule has 3 aromatic carbocycles. The molecule has 2 N–H and O–H groups in total. The zero-order valence-electron chi connectivity index (χ0n) is 24.6. The molecule has 0 bridgehead atoms. The van der Waals surface area contributed by atoms with Crippen molar-refractivity contribution in [3.05, 3.63) is 95.2 Å². The van der Waals surface area contributed by atoms with Crippen LogP contribution in [0.1, 0.15) is 32.6 Å². The zero-order valence-corrected chi connectivity index (χ0v) is 27.0. The quantitative estimate of drug-likeness (QED) is 0.0905. The second-order valence-corrected chi connectivity index (χ2v) is 15.1. The molecule has 2 aliphatic heterocycles. The Balaban J connectivity index is 1.44. The number of rotatable bonds is 10. The highest BCUT2D eigenvalue weighted by molar-refractivity contribution is 7.86. The van der Waals surface area contributed by atoms with E-state index in [4.69, 9.17) is 20.8 Å². The summed E-state index contributed by atoms with van der Waals surface area (Å²) in [5.41, 5.74) is 4.80. The van der Waals surface area contributed by atoms with E-state index in [0.29, 0.717) is 46.6 Å². The van der Waals surface area contributed by atoms with E-state index < -0.39 is 37.3 Å². The maximum atomic E-state index is 12.3. The Morgan fingerprint density at radius 1 is 1.07 bits per heavy atom. The van der Waals surface area contributed by atoms with E-state index in [-0.39, 0.29) is 17.4 Å². The van der Waals surface area contributed by atoms with Gasteiger partial charge in [0.25, 0.3) is 25.8 Å². The van der Waals surface area contributed by atoms with E-state index in [1.165, 1.54) is 6.92 Å². The van der Waals surface area contributed by atoms with Gasteiger partial charge in [0.1, 0.15) is 11.8 Å². The van der Waals surface area contributed by atoms with E-state index in [1.54, 1.807) is 28.8 Å². The van der Waals surface area contributed by atoms with E-state index in [1.807, 2.05) is 61.5 Å². The first-order chi connectivity index (χ1) is 21.3. The lowest BCUT2D eigenvalue weighted by atomic mass is 10.0. The van der Waals surface area contributed by atoms with Crippen molar-refractivity contribution in [3.63, 3.8) is 0 Å². The molecular formula is C32H33ClN2O8S2+2. The number of hydrogen-bond acceptors (Lipinski definition) is 6. The molecule has 0 aliphatic carbocycles. The Labute approximate surface area is 266 Å². The summed E-state index contributed by atoms with van der Waals surface area (Å²) in [7, 11) is -8.47. The average Bonchev–Trinajstić information content (AvgIpc) is 3.53. The van der Waals surface area contributed by atoms with Gasteiger partial charge in [0.05, 0.1) is 17.4 Å². The second-order valence-electron chi connectivity index (χ2n) is 11.4. The van der Waals surface area contributed by atoms with Crippen LogP contribution in [-0.4, -0.2) is 49.5 Å². The predicted molar refractivity (Wildman–Crippen MR) is 173 cm³/mol. The molecule has 6 rings (SSSR count). The van der Waals surface area contributed by atoms with Crippen LogP contribution in [0, 0.1) is 0 Å². The first-order valence-electron chi connectivity index (χ1n) is 14.5. The van der Waals surface area contributed by atoms with E-state index in [9.17, 15) is 25.9 Å². The molecule has 45 heavy (non-hydrogen) atoms. The molecule has 2 aliphatic rings. The van der Waals surface area contributed by atoms with Crippen LogP contribution >= 0.6 is 11.6 Å². The molecule has 1 fully saturated rings. The van der Waals surface area contributed by atoms with Crippen molar-refractivity contribution >= 4 is 54.7 Å². The molecule has 0 radical (unpaired) electrons. The standard InChI is InChI=1S/C32H31ClN2O8S2/c1-3-22(11-15-31-34(16-7-17-44(36,37)38)26-19-25(33)12-14-29(26)42-31)32-35(20-28(35)21(2)45(39,40)41)27-18-24(10-13-30(27)43-32)23-8-5-4-6-9-23/h4-6,8-15,18-19,21,28H,3,7,16-17,20H2,1-2H3/p+2. The van der Waals surface area contributed by atoms with Gasteiger partial charge in [0.2, 0.25) is 5.58 Å². The number of oxazole rings is 1. The minimum absolute atomic E-state index is 0.143. The van der Waals surface area contributed by atoms with Gasteiger partial charge < -0.3 is 9.15 Å². The van der Waals surface area contributed by atoms with Gasteiger partial charge in [-0.3, -0.25) is 9.11 Å². The number of halogens is 1. The molecule has 236 valence electrons. The third-order valence-corrected chi connectivity index (χ3v) is 10.8. The van der Waals surface area contributed by atoms with Crippen molar-refractivity contribution in [2.45, 2.75) is 44.5 Å². The van der Waals surface area contributed by atoms with Gasteiger partial charge in [-0.05, 0) is 48.7 Å². The zero-order chi connectivity index (χ0) is 32.1. The van der Waals surface area contributed by atoms with Crippen LogP contribution in [0.5, 0.6) is 5.75 Å². The molecule has 1 saturated heterocycles. The molecule has 10 nitrogen and oxygen atoms in total. The summed E-state index contributed by atoms with van der Waals surface area (Å²) in [5, 5.41) is -0.549. The summed E-state index contributed by atoms with van der Waals surface area (Å²) in [6.07, 6.45) is 4.29. The maximum absolute atomic E-state index is 12.3. The second kappa shape index (κ2) is 11.7. The van der Waals surface area contributed by atoms with Gasteiger partial charge in [0, 0.05) is 23.6 Å². The number of hydrogen-bond donors (Lipinski definition) is 2. The van der Waals surface area contributed by atoms with Crippen LogP contribution in [0.4, 0.5) is 5.69 Å². The number of benzene rings is 3. The highest BCUT2D eigenvalue weighted by atomic mass is 35.5. The number of allylic oxidation sites excluding steroid dienone is 2. The summed E-state index contributed by atoms with van der Waals surface area (Å²) in [4.78, 5) is 0. The number of fused-ring (bicyclic) bond motifs is 3. The van der Waals surface area contributed by atoms with Gasteiger partial charge >= 0.3 is 11.8 Å². The molecule has 1 aromatic heterocycles. The SMILES string of the molecule is CCC(C=Cc1oc2ccc(Cl)cc2[n+]1CCCS(=O)(=O)O)=C1Oc2ccc(-c3ccccc3)cc2[N+]12CC2C(C)S(=O)(=O)O. The van der Waals surface area contributed by atoms with Gasteiger partial charge in [-0.1, -0.05) is 54.9 Å². The van der Waals surface area contributed by atoms with E-state index in [2.05, 4.69) is 0 Å². The van der Waals surface area contributed by atoms with Gasteiger partial charge in [-0.2, -0.15) is 21.4 Å². The van der Waals surface area contributed by atoms with Crippen molar-refractivity contribution in [2.24, 2.45) is 0 Å². The molecule has 0 saturated carbocycles. The molecule has 3 atom stereocenters. The molecule has 0 amide bonds. The molecule has 4 aromatic rings. The van der Waals surface area contributed by atoms with Gasteiger partial charge in [-0.25, -0.2) is 4.48 Å². The summed E-state index contributed by atoms with van der Waals surface area (Å²) in [5.74, 6) is 1.21. The minimum Gasteiger partial charge on any atom is -0.406 e. The Bertz CT molecular complexity index is 2070. The molecule has 3 unspecified atom stereocenters. The average molecular weight is 673 g/mol. The summed E-state index contributed by atoms with van der Waals surface area (Å²) >= 11 is 6.25. The monoisotopic (exact) mass is 672 g/mol. The fourth-order valence-corrected chi connectivity index (χ4v) is 7.50. The van der Waals surface area contributed by atoms with E-state index in [0.717, 1.165) is 22.4 Å². The summed E-state index contributed by atoms with van der Waals surface area (Å²) in [6.45, 7) is 4.15. The Hall–Kier alpha value is -3.52. The van der Waals surface area contributed by atoms with Crippen LogP contribution in [-0.2, 0) is 26.8 Å². The largest absolute Gasteiger partial charge is 0.406 e. The minimum atomic E-state index is -4.32. The fraction of sp³-hybridized carbons (Fsp3) is 0.281. The topological polar surface area (TPSA) is 135 Å². The normalized spacial score (nSPS) is 21.3. The molecule has 13 heteroatoms. The third-order valence-electron chi connectivity index (χ3n) is 8.54. The fourth-order valence-electron chi connectivity index (χ4n) is 6.15.